The molecule has 3 amide bonds. The molecule has 3 aliphatic heterocycles. The Labute approximate surface area is 183 Å². The van der Waals surface area contributed by atoms with E-state index in [9.17, 15) is 14.4 Å². The maximum atomic E-state index is 13.3. The minimum Gasteiger partial charge on any atom is -0.322 e. The van der Waals surface area contributed by atoms with E-state index in [0.717, 1.165) is 29.8 Å². The Balaban J connectivity index is 1.32. The fourth-order valence-corrected chi connectivity index (χ4v) is 6.20. The lowest BCUT2D eigenvalue weighted by Gasteiger charge is -2.47. The number of benzene rings is 1. The molecule has 7 nitrogen and oxygen atoms in total. The highest BCUT2D eigenvalue weighted by Crippen LogP contribution is 2.41. The first-order valence-electron chi connectivity index (χ1n) is 11.8. The lowest BCUT2D eigenvalue weighted by molar-refractivity contribution is -0.136. The molecule has 1 aliphatic carbocycles. The molecule has 166 valence electrons. The van der Waals surface area contributed by atoms with E-state index in [1.807, 2.05) is 18.2 Å². The number of nitrogens with one attached hydrogen (secondary N) is 3. The van der Waals surface area contributed by atoms with Crippen LogP contribution < -0.4 is 16.0 Å². The molecule has 1 aromatic carbocycles. The number of imide groups is 1. The van der Waals surface area contributed by atoms with Crippen LogP contribution in [0.25, 0.3) is 0 Å². The van der Waals surface area contributed by atoms with E-state index in [0.29, 0.717) is 31.0 Å². The smallest absolute Gasteiger partial charge is 0.255 e. The van der Waals surface area contributed by atoms with Crippen molar-refractivity contribution in [1.82, 2.24) is 20.9 Å². The maximum Gasteiger partial charge on any atom is 0.255 e. The van der Waals surface area contributed by atoms with Crippen LogP contribution in [0.5, 0.6) is 0 Å². The van der Waals surface area contributed by atoms with Crippen LogP contribution >= 0.6 is 0 Å². The van der Waals surface area contributed by atoms with Gasteiger partial charge in [0.1, 0.15) is 6.04 Å². The standard InChI is InChI=1S/C24H32N4O3/c29-20-9-8-18(22(30)27-20)28-14-17-6-3-5-16(21(17)23(28)31)13-26-19-7-1-2-10-24(19)11-4-12-25-15-24/h3,5-6,18-19,25-26H,1-2,4,7-15H2,(H,27,29,30). The van der Waals surface area contributed by atoms with Crippen LogP contribution in [0, 0.1) is 5.41 Å². The average Bonchev–Trinajstić information content (AvgIpc) is 3.11. The van der Waals surface area contributed by atoms with E-state index in [-0.39, 0.29) is 24.1 Å². The first-order valence-corrected chi connectivity index (χ1v) is 11.8. The number of fused-ring (bicyclic) bond motifs is 1. The molecule has 31 heavy (non-hydrogen) atoms. The molecule has 0 aromatic heterocycles. The molecule has 1 spiro atoms. The molecule has 4 aliphatic rings. The van der Waals surface area contributed by atoms with Crippen LogP contribution in [-0.4, -0.2) is 47.8 Å². The minimum atomic E-state index is -0.562. The van der Waals surface area contributed by atoms with Crippen LogP contribution in [0.4, 0.5) is 0 Å². The minimum absolute atomic E-state index is 0.0837. The predicted octanol–water partition coefficient (Wildman–Crippen LogP) is 1.85. The first kappa shape index (κ1) is 20.6. The van der Waals surface area contributed by atoms with E-state index < -0.39 is 6.04 Å². The molecule has 2 saturated heterocycles. The summed E-state index contributed by atoms with van der Waals surface area (Å²) in [6.07, 6.45) is 8.21. The Hall–Kier alpha value is -2.25. The van der Waals surface area contributed by atoms with Crippen molar-refractivity contribution in [2.45, 2.75) is 76.5 Å². The number of rotatable bonds is 4. The van der Waals surface area contributed by atoms with Gasteiger partial charge >= 0.3 is 0 Å². The zero-order valence-corrected chi connectivity index (χ0v) is 18.0. The van der Waals surface area contributed by atoms with Crippen molar-refractivity contribution in [3.63, 3.8) is 0 Å². The largest absolute Gasteiger partial charge is 0.322 e. The van der Waals surface area contributed by atoms with Crippen LogP contribution in [0.1, 0.15) is 72.9 Å². The van der Waals surface area contributed by atoms with Gasteiger partial charge in [0.05, 0.1) is 0 Å². The first-order chi connectivity index (χ1) is 15.1. The number of amides is 3. The summed E-state index contributed by atoms with van der Waals surface area (Å²) in [5, 5.41) is 9.81. The van der Waals surface area contributed by atoms with Crippen molar-refractivity contribution >= 4 is 17.7 Å². The van der Waals surface area contributed by atoms with Gasteiger partial charge in [0.25, 0.3) is 5.91 Å². The number of carbonyl (C=O) groups is 3. The lowest BCUT2D eigenvalue weighted by Crippen LogP contribution is -2.54. The Kier molecular flexibility index (Phi) is 5.56. The summed E-state index contributed by atoms with van der Waals surface area (Å²) in [7, 11) is 0. The van der Waals surface area contributed by atoms with Gasteiger partial charge in [0, 0.05) is 37.7 Å². The normalized spacial score (nSPS) is 31.1. The zero-order chi connectivity index (χ0) is 21.4. The summed E-state index contributed by atoms with van der Waals surface area (Å²) in [5.41, 5.74) is 3.07. The highest BCUT2D eigenvalue weighted by molar-refractivity contribution is 6.05. The monoisotopic (exact) mass is 424 g/mol. The summed E-state index contributed by atoms with van der Waals surface area (Å²) in [6.45, 7) is 3.31. The zero-order valence-electron chi connectivity index (χ0n) is 18.0. The Morgan fingerprint density at radius 2 is 1.97 bits per heavy atom. The molecule has 3 fully saturated rings. The van der Waals surface area contributed by atoms with Crippen LogP contribution in [0.15, 0.2) is 18.2 Å². The van der Waals surface area contributed by atoms with Gasteiger partial charge in [-0.15, -0.1) is 0 Å². The van der Waals surface area contributed by atoms with Crippen LogP contribution in [-0.2, 0) is 22.7 Å². The predicted molar refractivity (Wildman–Crippen MR) is 116 cm³/mol. The highest BCUT2D eigenvalue weighted by Gasteiger charge is 2.42. The summed E-state index contributed by atoms with van der Waals surface area (Å²) in [5.74, 6) is -0.695. The highest BCUT2D eigenvalue weighted by atomic mass is 16.2. The Bertz CT molecular complexity index is 885. The number of carbonyl (C=O) groups excluding carboxylic acids is 3. The molecule has 5 rings (SSSR count). The summed E-state index contributed by atoms with van der Waals surface area (Å²) < 4.78 is 0. The Morgan fingerprint density at radius 3 is 2.77 bits per heavy atom. The van der Waals surface area contributed by atoms with Crippen molar-refractivity contribution in [1.29, 1.82) is 0 Å². The van der Waals surface area contributed by atoms with E-state index >= 15 is 0 Å². The third kappa shape index (κ3) is 3.78. The van der Waals surface area contributed by atoms with Crippen molar-refractivity contribution < 1.29 is 14.4 Å². The average molecular weight is 425 g/mol. The number of nitrogens with zero attached hydrogens (tertiary/aromatic N) is 1. The number of hydrogen-bond acceptors (Lipinski definition) is 5. The third-order valence-electron chi connectivity index (χ3n) is 7.84. The van der Waals surface area contributed by atoms with Crippen molar-refractivity contribution in [3.05, 3.63) is 34.9 Å². The topological polar surface area (TPSA) is 90.5 Å². The summed E-state index contributed by atoms with van der Waals surface area (Å²) in [6, 6.07) is 5.93. The van der Waals surface area contributed by atoms with E-state index in [1.165, 1.54) is 38.5 Å². The van der Waals surface area contributed by atoms with Crippen molar-refractivity contribution in [2.24, 2.45) is 5.41 Å². The van der Waals surface area contributed by atoms with E-state index in [1.54, 1.807) is 4.90 Å². The second-order valence-corrected chi connectivity index (χ2v) is 9.67. The van der Waals surface area contributed by atoms with Gasteiger partial charge in [-0.2, -0.15) is 0 Å². The summed E-state index contributed by atoms with van der Waals surface area (Å²) in [4.78, 5) is 38.8. The van der Waals surface area contributed by atoms with Gasteiger partial charge in [-0.25, -0.2) is 0 Å². The molecule has 0 bridgehead atoms. The number of piperidine rings is 2. The molecular weight excluding hydrogens is 392 g/mol. The quantitative estimate of drug-likeness (QED) is 0.642. The van der Waals surface area contributed by atoms with Crippen LogP contribution in [0.2, 0.25) is 0 Å². The van der Waals surface area contributed by atoms with Gasteiger partial charge in [-0.05, 0) is 55.2 Å². The fraction of sp³-hybridized carbons (Fsp3) is 0.625. The number of hydrogen-bond donors (Lipinski definition) is 3. The molecule has 3 unspecified atom stereocenters. The van der Waals surface area contributed by atoms with E-state index in [4.69, 9.17) is 0 Å². The Morgan fingerprint density at radius 1 is 1.10 bits per heavy atom. The molecule has 1 aromatic rings. The second-order valence-electron chi connectivity index (χ2n) is 9.67. The summed E-state index contributed by atoms with van der Waals surface area (Å²) >= 11 is 0. The fourth-order valence-electron chi connectivity index (χ4n) is 6.20. The molecule has 3 heterocycles. The maximum absolute atomic E-state index is 13.3. The SMILES string of the molecule is O=C1CCC(N2Cc3cccc(CNC4CCCCC45CCCNC5)c3C2=O)C(=O)N1. The van der Waals surface area contributed by atoms with Gasteiger partial charge < -0.3 is 15.5 Å². The van der Waals surface area contributed by atoms with Gasteiger partial charge in [-0.3, -0.25) is 19.7 Å². The molecule has 7 heteroatoms. The van der Waals surface area contributed by atoms with Crippen LogP contribution in [0.3, 0.4) is 0 Å². The molecule has 0 radical (unpaired) electrons. The molecule has 3 N–H and O–H groups in total. The van der Waals surface area contributed by atoms with Gasteiger partial charge in [0.15, 0.2) is 0 Å². The third-order valence-corrected chi connectivity index (χ3v) is 7.84. The second kappa shape index (κ2) is 8.36. The molecule has 3 atom stereocenters. The van der Waals surface area contributed by atoms with Crippen molar-refractivity contribution in [2.75, 3.05) is 13.1 Å². The van der Waals surface area contributed by atoms with Gasteiger partial charge in [-0.1, -0.05) is 31.0 Å². The molecular formula is C24H32N4O3. The molecule has 1 saturated carbocycles. The lowest BCUT2D eigenvalue weighted by atomic mass is 9.66. The van der Waals surface area contributed by atoms with Crippen molar-refractivity contribution in [3.8, 4) is 0 Å². The van der Waals surface area contributed by atoms with Gasteiger partial charge in [0.2, 0.25) is 11.8 Å². The van der Waals surface area contributed by atoms with E-state index in [2.05, 4.69) is 16.0 Å².